The van der Waals surface area contributed by atoms with E-state index in [9.17, 15) is 17.9 Å². The van der Waals surface area contributed by atoms with E-state index in [0.29, 0.717) is 0 Å². The molecule has 0 radical (unpaired) electrons. The number of anilines is 1. The Hall–Kier alpha value is -2.11. The van der Waals surface area contributed by atoms with Gasteiger partial charge < -0.3 is 5.11 Å². The van der Waals surface area contributed by atoms with E-state index in [0.717, 1.165) is 29.5 Å². The number of nitriles is 1. The van der Waals surface area contributed by atoms with Crippen molar-refractivity contribution in [1.29, 1.82) is 5.26 Å². The van der Waals surface area contributed by atoms with Gasteiger partial charge in [0.25, 0.3) is 10.0 Å². The second kappa shape index (κ2) is 4.87. The number of hydrogen-bond acceptors (Lipinski definition) is 5. The van der Waals surface area contributed by atoms with Gasteiger partial charge in [-0.1, -0.05) is 0 Å². The third-order valence-corrected chi connectivity index (χ3v) is 5.01. The lowest BCUT2D eigenvalue weighted by Crippen LogP contribution is -2.11. The zero-order valence-electron chi connectivity index (χ0n) is 9.29. The fourth-order valence-electron chi connectivity index (χ4n) is 1.31. The van der Waals surface area contributed by atoms with Gasteiger partial charge in [0.05, 0.1) is 5.69 Å². The fraction of sp³-hybridized carbons (Fsp3) is 0. The van der Waals surface area contributed by atoms with Crippen LogP contribution in [0.5, 0.6) is 5.75 Å². The number of hydrogen-bond donors (Lipinski definition) is 2. The number of nitrogens with zero attached hydrogens (tertiary/aromatic N) is 1. The van der Waals surface area contributed by atoms with Gasteiger partial charge in [0.2, 0.25) is 0 Å². The van der Waals surface area contributed by atoms with Crippen molar-refractivity contribution in [3.8, 4) is 11.8 Å². The van der Waals surface area contributed by atoms with Crippen molar-refractivity contribution in [3.63, 3.8) is 0 Å². The van der Waals surface area contributed by atoms with E-state index in [2.05, 4.69) is 4.72 Å². The molecule has 0 aliphatic rings. The van der Waals surface area contributed by atoms with Crippen LogP contribution in [0.1, 0.15) is 4.88 Å². The van der Waals surface area contributed by atoms with Crippen molar-refractivity contribution >= 4 is 27.0 Å². The number of rotatable bonds is 3. The van der Waals surface area contributed by atoms with E-state index >= 15 is 0 Å². The van der Waals surface area contributed by atoms with Crippen LogP contribution in [0.25, 0.3) is 0 Å². The van der Waals surface area contributed by atoms with E-state index in [1.165, 1.54) is 12.1 Å². The second-order valence-electron chi connectivity index (χ2n) is 3.50. The van der Waals surface area contributed by atoms with E-state index in [-0.39, 0.29) is 20.5 Å². The summed E-state index contributed by atoms with van der Waals surface area (Å²) < 4.78 is 38.9. The predicted octanol–water partition coefficient (Wildman–Crippen LogP) is 2.27. The van der Waals surface area contributed by atoms with Gasteiger partial charge in [-0.2, -0.15) is 5.26 Å². The maximum atomic E-state index is 13.0. The highest BCUT2D eigenvalue weighted by molar-refractivity contribution is 7.94. The zero-order valence-corrected chi connectivity index (χ0v) is 10.9. The van der Waals surface area contributed by atoms with E-state index in [1.807, 2.05) is 6.07 Å². The number of nitrogens with one attached hydrogen (secondary N) is 1. The SMILES string of the molecule is N#Cc1ccc(S(=O)(=O)Nc2cc(F)ccc2O)s1. The maximum absolute atomic E-state index is 13.0. The van der Waals surface area contributed by atoms with Crippen LogP contribution in [-0.4, -0.2) is 13.5 Å². The van der Waals surface area contributed by atoms with Crippen LogP contribution < -0.4 is 4.72 Å². The van der Waals surface area contributed by atoms with Crippen LogP contribution >= 0.6 is 11.3 Å². The van der Waals surface area contributed by atoms with Gasteiger partial charge in [-0.05, 0) is 24.3 Å². The first-order valence-corrected chi connectivity index (χ1v) is 7.23. The molecular weight excluding hydrogens is 291 g/mol. The number of benzene rings is 1. The molecule has 1 aromatic heterocycles. The highest BCUT2D eigenvalue weighted by Crippen LogP contribution is 2.28. The molecule has 2 N–H and O–H groups in total. The first-order chi connectivity index (χ1) is 8.92. The van der Waals surface area contributed by atoms with E-state index in [4.69, 9.17) is 5.26 Å². The first kappa shape index (κ1) is 13.3. The molecule has 5 nitrogen and oxygen atoms in total. The first-order valence-electron chi connectivity index (χ1n) is 4.93. The number of phenols is 1. The molecule has 0 unspecified atom stereocenters. The average Bonchev–Trinajstić information content (AvgIpc) is 2.83. The van der Waals surface area contributed by atoms with Gasteiger partial charge in [0.15, 0.2) is 0 Å². The van der Waals surface area contributed by atoms with Gasteiger partial charge >= 0.3 is 0 Å². The summed E-state index contributed by atoms with van der Waals surface area (Å²) in [5, 5.41) is 18.1. The summed E-state index contributed by atoms with van der Waals surface area (Å²) in [6.45, 7) is 0. The molecule has 1 heterocycles. The lowest BCUT2D eigenvalue weighted by molar-refractivity contribution is 0.475. The van der Waals surface area contributed by atoms with Gasteiger partial charge in [-0.3, -0.25) is 4.72 Å². The number of phenolic OH excluding ortho intramolecular Hbond substituents is 1. The molecule has 1 aromatic carbocycles. The number of aromatic hydroxyl groups is 1. The van der Waals surface area contributed by atoms with E-state index in [1.54, 1.807) is 0 Å². The molecule has 0 saturated carbocycles. The molecule has 0 aliphatic heterocycles. The predicted molar refractivity (Wildman–Crippen MR) is 67.9 cm³/mol. The third-order valence-electron chi connectivity index (χ3n) is 2.16. The average molecular weight is 298 g/mol. The molecule has 19 heavy (non-hydrogen) atoms. The third kappa shape index (κ3) is 2.83. The molecule has 0 spiro atoms. The molecule has 0 aliphatic carbocycles. The van der Waals surface area contributed by atoms with Crippen LogP contribution in [0.3, 0.4) is 0 Å². The second-order valence-corrected chi connectivity index (χ2v) is 6.49. The fourth-order valence-corrected chi connectivity index (χ4v) is 3.48. The molecule has 0 atom stereocenters. The molecule has 0 amide bonds. The van der Waals surface area contributed by atoms with Crippen LogP contribution in [0, 0.1) is 17.1 Å². The van der Waals surface area contributed by atoms with Crippen molar-refractivity contribution in [2.45, 2.75) is 4.21 Å². The Morgan fingerprint density at radius 3 is 2.68 bits per heavy atom. The minimum atomic E-state index is -3.95. The Labute approximate surface area is 112 Å². The summed E-state index contributed by atoms with van der Waals surface area (Å²) in [6.07, 6.45) is 0. The van der Waals surface area contributed by atoms with Crippen LogP contribution in [0.2, 0.25) is 0 Å². The monoisotopic (exact) mass is 298 g/mol. The van der Waals surface area contributed by atoms with Crippen LogP contribution in [0.4, 0.5) is 10.1 Å². The van der Waals surface area contributed by atoms with Crippen molar-refractivity contribution in [2.75, 3.05) is 4.72 Å². The summed E-state index contributed by atoms with van der Waals surface area (Å²) >= 11 is 0.782. The summed E-state index contributed by atoms with van der Waals surface area (Å²) in [5.74, 6) is -1.07. The van der Waals surface area contributed by atoms with Gasteiger partial charge in [0.1, 0.15) is 26.7 Å². The Bertz CT molecular complexity index is 762. The Kier molecular flexibility index (Phi) is 3.42. The van der Waals surface area contributed by atoms with E-state index < -0.39 is 15.8 Å². The minimum Gasteiger partial charge on any atom is -0.506 e. The van der Waals surface area contributed by atoms with Crippen molar-refractivity contribution in [3.05, 3.63) is 41.0 Å². The summed E-state index contributed by atoms with van der Waals surface area (Å²) in [5.41, 5.74) is -0.257. The largest absolute Gasteiger partial charge is 0.506 e. The van der Waals surface area contributed by atoms with Crippen molar-refractivity contribution in [2.24, 2.45) is 0 Å². The van der Waals surface area contributed by atoms with Crippen LogP contribution in [0.15, 0.2) is 34.5 Å². The van der Waals surface area contributed by atoms with Crippen molar-refractivity contribution < 1.29 is 17.9 Å². The maximum Gasteiger partial charge on any atom is 0.271 e. The molecule has 98 valence electrons. The summed E-state index contributed by atoms with van der Waals surface area (Å²) in [4.78, 5) is 0.240. The highest BCUT2D eigenvalue weighted by atomic mass is 32.2. The van der Waals surface area contributed by atoms with Gasteiger partial charge in [0, 0.05) is 6.07 Å². The molecular formula is C11H7FN2O3S2. The molecule has 8 heteroatoms. The van der Waals surface area contributed by atoms with Gasteiger partial charge in [-0.15, -0.1) is 11.3 Å². The smallest absolute Gasteiger partial charge is 0.271 e. The highest BCUT2D eigenvalue weighted by Gasteiger charge is 2.18. The quantitative estimate of drug-likeness (QED) is 0.850. The lowest BCUT2D eigenvalue weighted by atomic mass is 10.3. The normalized spacial score (nSPS) is 10.9. The molecule has 0 bridgehead atoms. The molecule has 0 saturated heterocycles. The Morgan fingerprint density at radius 2 is 2.05 bits per heavy atom. The molecule has 2 aromatic rings. The topological polar surface area (TPSA) is 90.2 Å². The summed E-state index contributed by atoms with van der Waals surface area (Å²) in [6, 6.07) is 7.37. The zero-order chi connectivity index (χ0) is 14.0. The number of thiophene rings is 1. The lowest BCUT2D eigenvalue weighted by Gasteiger charge is -2.07. The standard InChI is InChI=1S/C11H7FN2O3S2/c12-7-1-3-10(15)9(5-7)14-19(16,17)11-4-2-8(6-13)18-11/h1-5,14-15H. The number of sulfonamides is 1. The number of halogens is 1. The Balaban J connectivity index is 2.36. The van der Waals surface area contributed by atoms with Crippen molar-refractivity contribution in [1.82, 2.24) is 0 Å². The molecule has 0 fully saturated rings. The Morgan fingerprint density at radius 1 is 1.32 bits per heavy atom. The summed E-state index contributed by atoms with van der Waals surface area (Å²) in [7, 11) is -3.95. The van der Waals surface area contributed by atoms with Crippen LogP contribution in [-0.2, 0) is 10.0 Å². The van der Waals surface area contributed by atoms with Gasteiger partial charge in [-0.25, -0.2) is 12.8 Å². The molecule has 2 rings (SSSR count). The minimum absolute atomic E-state index is 0.0901.